The first-order valence-corrected chi connectivity index (χ1v) is 9.61. The number of ether oxygens (including phenoxy) is 1. The van der Waals surface area contributed by atoms with E-state index in [1.807, 2.05) is 23.0 Å². The van der Waals surface area contributed by atoms with Crippen LogP contribution in [0, 0.1) is 6.92 Å². The van der Waals surface area contributed by atoms with Gasteiger partial charge >= 0.3 is 0 Å². The molecule has 1 aliphatic rings. The third kappa shape index (κ3) is 5.15. The summed E-state index contributed by atoms with van der Waals surface area (Å²) in [4.78, 5) is 9.55. The fourth-order valence-electron chi connectivity index (χ4n) is 3.24. The van der Waals surface area contributed by atoms with Gasteiger partial charge in [0.25, 0.3) is 0 Å². The van der Waals surface area contributed by atoms with E-state index < -0.39 is 0 Å². The largest absolute Gasteiger partial charge is 0.497 e. The molecule has 2 heterocycles. The zero-order chi connectivity index (χ0) is 19.1. The van der Waals surface area contributed by atoms with Crippen molar-refractivity contribution in [2.75, 3.05) is 51.3 Å². The van der Waals surface area contributed by atoms with Crippen LogP contribution in [0.4, 0.5) is 5.69 Å². The van der Waals surface area contributed by atoms with Gasteiger partial charge in [-0.2, -0.15) is 5.10 Å². The Morgan fingerprint density at radius 2 is 1.93 bits per heavy atom. The molecule has 7 heteroatoms. The molecule has 3 rings (SSSR count). The maximum atomic E-state index is 5.25. The van der Waals surface area contributed by atoms with E-state index in [0.717, 1.165) is 57.5 Å². The molecule has 1 aromatic carbocycles. The van der Waals surface area contributed by atoms with Gasteiger partial charge in [-0.15, -0.1) is 0 Å². The van der Waals surface area contributed by atoms with Crippen LogP contribution >= 0.6 is 0 Å². The van der Waals surface area contributed by atoms with Crippen LogP contribution in [0.3, 0.4) is 0 Å². The lowest BCUT2D eigenvalue weighted by Gasteiger charge is -2.37. The van der Waals surface area contributed by atoms with Crippen LogP contribution in [-0.2, 0) is 6.54 Å². The minimum Gasteiger partial charge on any atom is -0.497 e. The maximum absolute atomic E-state index is 5.25. The van der Waals surface area contributed by atoms with Gasteiger partial charge in [-0.3, -0.25) is 9.67 Å². The van der Waals surface area contributed by atoms with Gasteiger partial charge in [0.05, 0.1) is 26.4 Å². The first kappa shape index (κ1) is 19.1. The number of hydrogen-bond donors (Lipinski definition) is 1. The molecule has 0 unspecified atom stereocenters. The van der Waals surface area contributed by atoms with Crippen LogP contribution in [0.5, 0.6) is 5.75 Å². The zero-order valence-electron chi connectivity index (χ0n) is 16.6. The molecule has 0 atom stereocenters. The van der Waals surface area contributed by atoms with E-state index in [2.05, 4.69) is 52.4 Å². The Morgan fingerprint density at radius 3 is 2.52 bits per heavy atom. The number of rotatable bonds is 6. The van der Waals surface area contributed by atoms with Crippen LogP contribution in [-0.4, -0.2) is 67.0 Å². The molecule has 0 radical (unpaired) electrons. The maximum Gasteiger partial charge on any atom is 0.194 e. The number of methoxy groups -OCH3 is 1. The van der Waals surface area contributed by atoms with Crippen molar-refractivity contribution in [1.82, 2.24) is 20.0 Å². The number of guanidine groups is 1. The SMILES string of the molecule is CCNC(=NCCn1cc(C)cn1)N1CCN(c2ccc(OC)cc2)CC1. The van der Waals surface area contributed by atoms with Gasteiger partial charge in [0.1, 0.15) is 5.75 Å². The lowest BCUT2D eigenvalue weighted by atomic mass is 10.2. The summed E-state index contributed by atoms with van der Waals surface area (Å²) in [6.45, 7) is 10.4. The van der Waals surface area contributed by atoms with E-state index in [-0.39, 0.29) is 0 Å². The summed E-state index contributed by atoms with van der Waals surface area (Å²) < 4.78 is 7.19. The van der Waals surface area contributed by atoms with Crippen molar-refractivity contribution < 1.29 is 4.74 Å². The average molecular weight is 371 g/mol. The molecule has 146 valence electrons. The number of hydrogen-bond acceptors (Lipinski definition) is 4. The molecule has 7 nitrogen and oxygen atoms in total. The zero-order valence-corrected chi connectivity index (χ0v) is 16.6. The van der Waals surface area contributed by atoms with Crippen molar-refractivity contribution in [2.24, 2.45) is 4.99 Å². The van der Waals surface area contributed by atoms with E-state index in [4.69, 9.17) is 9.73 Å². The highest BCUT2D eigenvalue weighted by molar-refractivity contribution is 5.80. The summed E-state index contributed by atoms with van der Waals surface area (Å²) in [5.41, 5.74) is 2.42. The Hall–Kier alpha value is -2.70. The number of aryl methyl sites for hydroxylation is 1. The van der Waals surface area contributed by atoms with Crippen LogP contribution in [0.1, 0.15) is 12.5 Å². The van der Waals surface area contributed by atoms with Crippen LogP contribution in [0.25, 0.3) is 0 Å². The minimum atomic E-state index is 0.724. The molecular weight excluding hydrogens is 340 g/mol. The smallest absolute Gasteiger partial charge is 0.194 e. The number of nitrogens with one attached hydrogen (secondary N) is 1. The van der Waals surface area contributed by atoms with Gasteiger partial charge in [0.2, 0.25) is 0 Å². The number of nitrogens with zero attached hydrogens (tertiary/aromatic N) is 5. The van der Waals surface area contributed by atoms with Crippen molar-refractivity contribution in [3.05, 3.63) is 42.2 Å². The van der Waals surface area contributed by atoms with E-state index >= 15 is 0 Å². The Morgan fingerprint density at radius 1 is 1.19 bits per heavy atom. The number of aliphatic imine (C=N–C) groups is 1. The van der Waals surface area contributed by atoms with E-state index in [0.29, 0.717) is 0 Å². The second kappa shape index (κ2) is 9.30. The number of piperazine rings is 1. The molecule has 1 aliphatic heterocycles. The summed E-state index contributed by atoms with van der Waals surface area (Å²) in [7, 11) is 1.70. The van der Waals surface area contributed by atoms with Crippen molar-refractivity contribution >= 4 is 11.6 Å². The molecule has 1 N–H and O–H groups in total. The molecule has 0 spiro atoms. The minimum absolute atomic E-state index is 0.724. The van der Waals surface area contributed by atoms with Gasteiger partial charge in [0.15, 0.2) is 5.96 Å². The predicted octanol–water partition coefficient (Wildman–Crippen LogP) is 1.99. The molecule has 0 saturated carbocycles. The fraction of sp³-hybridized carbons (Fsp3) is 0.500. The predicted molar refractivity (Wildman–Crippen MR) is 110 cm³/mol. The monoisotopic (exact) mass is 370 g/mol. The second-order valence-corrected chi connectivity index (χ2v) is 6.69. The van der Waals surface area contributed by atoms with Crippen molar-refractivity contribution in [3.8, 4) is 5.75 Å². The van der Waals surface area contributed by atoms with E-state index in [1.165, 1.54) is 11.3 Å². The third-order valence-corrected chi connectivity index (χ3v) is 4.70. The highest BCUT2D eigenvalue weighted by Crippen LogP contribution is 2.20. The summed E-state index contributed by atoms with van der Waals surface area (Å²) in [6.07, 6.45) is 3.93. The normalized spacial score (nSPS) is 15.1. The van der Waals surface area contributed by atoms with E-state index in [9.17, 15) is 0 Å². The Balaban J connectivity index is 1.54. The highest BCUT2D eigenvalue weighted by Gasteiger charge is 2.19. The molecule has 1 saturated heterocycles. The fourth-order valence-corrected chi connectivity index (χ4v) is 3.24. The Kier molecular flexibility index (Phi) is 6.57. The van der Waals surface area contributed by atoms with Gasteiger partial charge in [-0.1, -0.05) is 0 Å². The summed E-state index contributed by atoms with van der Waals surface area (Å²) >= 11 is 0. The lowest BCUT2D eigenvalue weighted by Crippen LogP contribution is -2.52. The van der Waals surface area contributed by atoms with Crippen LogP contribution in [0.2, 0.25) is 0 Å². The number of anilines is 1. The quantitative estimate of drug-likeness (QED) is 0.622. The van der Waals surface area contributed by atoms with Gasteiger partial charge in [-0.05, 0) is 43.7 Å². The molecular formula is C20H30N6O. The molecule has 1 aromatic heterocycles. The molecule has 1 fully saturated rings. The van der Waals surface area contributed by atoms with Crippen molar-refractivity contribution in [1.29, 1.82) is 0 Å². The summed E-state index contributed by atoms with van der Waals surface area (Å²) in [5.74, 6) is 1.89. The highest BCUT2D eigenvalue weighted by atomic mass is 16.5. The molecule has 27 heavy (non-hydrogen) atoms. The second-order valence-electron chi connectivity index (χ2n) is 6.69. The van der Waals surface area contributed by atoms with Crippen LogP contribution in [0.15, 0.2) is 41.7 Å². The van der Waals surface area contributed by atoms with Gasteiger partial charge in [0, 0.05) is 44.6 Å². The summed E-state index contributed by atoms with van der Waals surface area (Å²) in [6, 6.07) is 8.29. The average Bonchev–Trinajstić information content (AvgIpc) is 3.13. The lowest BCUT2D eigenvalue weighted by molar-refractivity contribution is 0.372. The third-order valence-electron chi connectivity index (χ3n) is 4.70. The first-order chi connectivity index (χ1) is 13.2. The molecule has 0 aliphatic carbocycles. The van der Waals surface area contributed by atoms with E-state index in [1.54, 1.807) is 7.11 Å². The van der Waals surface area contributed by atoms with Gasteiger partial charge in [-0.25, -0.2) is 0 Å². The Labute approximate surface area is 161 Å². The van der Waals surface area contributed by atoms with Crippen molar-refractivity contribution in [2.45, 2.75) is 20.4 Å². The standard InChI is InChI=1S/C20H30N6O/c1-4-21-20(22-9-10-26-16-17(2)15-23-26)25-13-11-24(12-14-25)18-5-7-19(27-3)8-6-18/h5-8,15-16H,4,9-14H2,1-3H3,(H,21,22). The molecule has 0 bridgehead atoms. The summed E-state index contributed by atoms with van der Waals surface area (Å²) in [5, 5.41) is 7.75. The number of benzene rings is 1. The first-order valence-electron chi connectivity index (χ1n) is 9.61. The van der Waals surface area contributed by atoms with Crippen molar-refractivity contribution in [3.63, 3.8) is 0 Å². The topological polar surface area (TPSA) is 57.9 Å². The Bertz CT molecular complexity index is 731. The van der Waals surface area contributed by atoms with Crippen LogP contribution < -0.4 is 15.0 Å². The molecule has 2 aromatic rings. The van der Waals surface area contributed by atoms with Gasteiger partial charge < -0.3 is 19.9 Å². The molecule has 0 amide bonds. The number of aromatic nitrogens is 2.